The summed E-state index contributed by atoms with van der Waals surface area (Å²) in [6, 6.07) is 15.6. The van der Waals surface area contributed by atoms with Crippen LogP contribution in [-0.4, -0.2) is 41.8 Å². The fourth-order valence-corrected chi connectivity index (χ4v) is 4.94. The standard InChI is InChI=1S/C28H32N2O5/c1-17(2)25(15-26(31)32)30-27(33)18-8-7-9-19(14-18)29-28(34)35-16-24-22-12-5-3-10-20(22)21-11-4-6-13-23(21)24/h3-7,9-13,17-19,24-25H,8,14-16H2,1-2H3,(H,29,34)(H,30,33)(H,31,32)/t18-,19-,25-/m1/s1. The number of ether oxygens (including phenoxy) is 1. The third kappa shape index (κ3) is 5.73. The highest BCUT2D eigenvalue weighted by Gasteiger charge is 2.31. The van der Waals surface area contributed by atoms with Crippen molar-refractivity contribution < 1.29 is 24.2 Å². The van der Waals surface area contributed by atoms with Gasteiger partial charge in [0, 0.05) is 17.9 Å². The van der Waals surface area contributed by atoms with E-state index in [2.05, 4.69) is 34.9 Å². The minimum atomic E-state index is -0.942. The summed E-state index contributed by atoms with van der Waals surface area (Å²) in [6.07, 6.45) is 4.10. The van der Waals surface area contributed by atoms with Crippen molar-refractivity contribution in [3.8, 4) is 11.1 Å². The summed E-state index contributed by atoms with van der Waals surface area (Å²) in [6.45, 7) is 4.00. The second-order valence-electron chi connectivity index (χ2n) is 9.63. The van der Waals surface area contributed by atoms with Gasteiger partial charge in [-0.2, -0.15) is 0 Å². The van der Waals surface area contributed by atoms with Crippen molar-refractivity contribution in [2.45, 2.75) is 51.1 Å². The molecule has 2 aromatic rings. The van der Waals surface area contributed by atoms with Gasteiger partial charge in [-0.25, -0.2) is 4.79 Å². The number of carbonyl (C=O) groups excluding carboxylic acids is 2. The zero-order valence-electron chi connectivity index (χ0n) is 20.1. The molecule has 4 rings (SSSR count). The Morgan fingerprint density at radius 2 is 1.66 bits per heavy atom. The molecule has 0 heterocycles. The molecule has 0 spiro atoms. The van der Waals surface area contributed by atoms with E-state index in [9.17, 15) is 14.4 Å². The minimum absolute atomic E-state index is 0.00364. The zero-order chi connectivity index (χ0) is 24.9. The van der Waals surface area contributed by atoms with Crippen LogP contribution in [0.2, 0.25) is 0 Å². The molecule has 184 valence electrons. The summed E-state index contributed by atoms with van der Waals surface area (Å²) in [5.74, 6) is -1.48. The van der Waals surface area contributed by atoms with Crippen LogP contribution in [0.4, 0.5) is 4.79 Å². The molecule has 0 saturated carbocycles. The van der Waals surface area contributed by atoms with E-state index in [1.165, 1.54) is 11.1 Å². The Hall–Kier alpha value is -3.61. The average molecular weight is 477 g/mol. The number of hydrogen-bond donors (Lipinski definition) is 3. The summed E-state index contributed by atoms with van der Waals surface area (Å²) in [4.78, 5) is 36.5. The van der Waals surface area contributed by atoms with Gasteiger partial charge in [-0.1, -0.05) is 74.5 Å². The van der Waals surface area contributed by atoms with Crippen LogP contribution in [0.15, 0.2) is 60.7 Å². The van der Waals surface area contributed by atoms with Crippen molar-refractivity contribution in [2.24, 2.45) is 11.8 Å². The summed E-state index contributed by atoms with van der Waals surface area (Å²) >= 11 is 0. The summed E-state index contributed by atoms with van der Waals surface area (Å²) in [5, 5.41) is 14.8. The fourth-order valence-electron chi connectivity index (χ4n) is 4.94. The van der Waals surface area contributed by atoms with Crippen LogP contribution in [0.5, 0.6) is 0 Å². The predicted molar refractivity (Wildman–Crippen MR) is 133 cm³/mol. The van der Waals surface area contributed by atoms with Gasteiger partial charge in [0.2, 0.25) is 5.91 Å². The van der Waals surface area contributed by atoms with Gasteiger partial charge in [-0.3, -0.25) is 9.59 Å². The molecule has 3 atom stereocenters. The minimum Gasteiger partial charge on any atom is -0.481 e. The molecule has 7 nitrogen and oxygen atoms in total. The largest absolute Gasteiger partial charge is 0.481 e. The average Bonchev–Trinajstić information content (AvgIpc) is 3.16. The molecule has 3 N–H and O–H groups in total. The SMILES string of the molecule is CC(C)[C@@H](CC(=O)O)NC(=O)[C@@H]1CC=C[C@@H](NC(=O)OCC2c3ccccc3-c3ccccc32)C1. The highest BCUT2D eigenvalue weighted by Crippen LogP contribution is 2.44. The van der Waals surface area contributed by atoms with Gasteiger partial charge in [0.25, 0.3) is 0 Å². The van der Waals surface area contributed by atoms with Crippen LogP contribution in [0.3, 0.4) is 0 Å². The van der Waals surface area contributed by atoms with Crippen molar-refractivity contribution in [3.05, 3.63) is 71.8 Å². The van der Waals surface area contributed by atoms with Gasteiger partial charge >= 0.3 is 12.1 Å². The lowest BCUT2D eigenvalue weighted by Gasteiger charge is -2.28. The Kier molecular flexibility index (Phi) is 7.54. The van der Waals surface area contributed by atoms with Crippen molar-refractivity contribution in [1.29, 1.82) is 0 Å². The van der Waals surface area contributed by atoms with E-state index in [1.54, 1.807) is 0 Å². The second kappa shape index (κ2) is 10.8. The van der Waals surface area contributed by atoms with Crippen molar-refractivity contribution in [2.75, 3.05) is 6.61 Å². The normalized spacial score (nSPS) is 19.5. The van der Waals surface area contributed by atoms with E-state index >= 15 is 0 Å². The Balaban J connectivity index is 1.32. The number of carbonyl (C=O) groups is 3. The maximum atomic E-state index is 12.8. The molecule has 2 aliphatic carbocycles. The molecule has 0 unspecified atom stereocenters. The number of aliphatic carboxylic acids is 1. The predicted octanol–water partition coefficient (Wildman–Crippen LogP) is 4.48. The monoisotopic (exact) mass is 476 g/mol. The molecular weight excluding hydrogens is 444 g/mol. The number of amides is 2. The van der Waals surface area contributed by atoms with Crippen molar-refractivity contribution in [3.63, 3.8) is 0 Å². The topological polar surface area (TPSA) is 105 Å². The highest BCUT2D eigenvalue weighted by atomic mass is 16.5. The molecule has 2 aliphatic rings. The zero-order valence-corrected chi connectivity index (χ0v) is 20.1. The van der Waals surface area contributed by atoms with E-state index in [4.69, 9.17) is 9.84 Å². The summed E-state index contributed by atoms with van der Waals surface area (Å²) in [5.41, 5.74) is 4.64. The van der Waals surface area contributed by atoms with Gasteiger partial charge < -0.3 is 20.5 Å². The molecule has 0 aliphatic heterocycles. The first kappa shape index (κ1) is 24.5. The number of alkyl carbamates (subject to hydrolysis) is 1. The van der Waals surface area contributed by atoms with Crippen molar-refractivity contribution in [1.82, 2.24) is 10.6 Å². The molecule has 7 heteroatoms. The van der Waals surface area contributed by atoms with Gasteiger partial charge in [-0.15, -0.1) is 0 Å². The Morgan fingerprint density at radius 3 is 2.26 bits per heavy atom. The Morgan fingerprint density at radius 1 is 1.03 bits per heavy atom. The first-order valence-electron chi connectivity index (χ1n) is 12.1. The maximum Gasteiger partial charge on any atom is 0.407 e. The molecule has 2 amide bonds. The van der Waals surface area contributed by atoms with Gasteiger partial charge in [0.05, 0.1) is 12.5 Å². The Bertz CT molecular complexity index is 1080. The number of benzene rings is 2. The number of rotatable bonds is 8. The lowest BCUT2D eigenvalue weighted by molar-refractivity contribution is -0.138. The molecule has 0 saturated heterocycles. The first-order valence-corrected chi connectivity index (χ1v) is 12.1. The molecule has 0 bridgehead atoms. The summed E-state index contributed by atoms with van der Waals surface area (Å²) in [7, 11) is 0. The number of carboxylic acids is 1. The first-order chi connectivity index (χ1) is 16.8. The number of fused-ring (bicyclic) bond motifs is 3. The van der Waals surface area contributed by atoms with Crippen LogP contribution in [0.25, 0.3) is 11.1 Å². The quantitative estimate of drug-likeness (QED) is 0.488. The summed E-state index contributed by atoms with van der Waals surface area (Å²) < 4.78 is 5.63. The third-order valence-electron chi connectivity index (χ3n) is 6.87. The van der Waals surface area contributed by atoms with E-state index in [0.29, 0.717) is 12.8 Å². The van der Waals surface area contributed by atoms with E-state index in [0.717, 1.165) is 11.1 Å². The molecule has 2 aromatic carbocycles. The van der Waals surface area contributed by atoms with Crippen molar-refractivity contribution >= 4 is 18.0 Å². The Labute approximate surface area is 205 Å². The van der Waals surface area contributed by atoms with Gasteiger partial charge in [0.15, 0.2) is 0 Å². The third-order valence-corrected chi connectivity index (χ3v) is 6.87. The lowest BCUT2D eigenvalue weighted by Crippen LogP contribution is -2.45. The van der Waals surface area contributed by atoms with Gasteiger partial charge in [0.1, 0.15) is 6.61 Å². The number of nitrogens with one attached hydrogen (secondary N) is 2. The van der Waals surface area contributed by atoms with E-state index in [1.807, 2.05) is 50.3 Å². The van der Waals surface area contributed by atoms with Crippen LogP contribution in [0, 0.1) is 11.8 Å². The molecule has 0 aromatic heterocycles. The molecule has 35 heavy (non-hydrogen) atoms. The highest BCUT2D eigenvalue weighted by molar-refractivity contribution is 5.81. The van der Waals surface area contributed by atoms with E-state index < -0.39 is 18.1 Å². The fraction of sp³-hybridized carbons (Fsp3) is 0.393. The van der Waals surface area contributed by atoms with Crippen LogP contribution in [0.1, 0.15) is 50.2 Å². The molecule has 0 fully saturated rings. The van der Waals surface area contributed by atoms with Crippen LogP contribution in [-0.2, 0) is 14.3 Å². The van der Waals surface area contributed by atoms with Crippen LogP contribution >= 0.6 is 0 Å². The number of hydrogen-bond acceptors (Lipinski definition) is 4. The number of carboxylic acid groups (broad SMARTS) is 1. The molecule has 0 radical (unpaired) electrons. The maximum absolute atomic E-state index is 12.8. The second-order valence-corrected chi connectivity index (χ2v) is 9.63. The molecular formula is C28H32N2O5. The lowest BCUT2D eigenvalue weighted by atomic mass is 9.89. The van der Waals surface area contributed by atoms with E-state index in [-0.39, 0.29) is 42.7 Å². The number of allylic oxidation sites excluding steroid dienone is 1. The smallest absolute Gasteiger partial charge is 0.407 e. The van der Waals surface area contributed by atoms with Crippen LogP contribution < -0.4 is 10.6 Å². The van der Waals surface area contributed by atoms with Gasteiger partial charge in [-0.05, 0) is 41.0 Å².